The number of benzene rings is 1. The number of nitro groups is 1. The zero-order chi connectivity index (χ0) is 13.8. The van der Waals surface area contributed by atoms with Gasteiger partial charge in [-0.3, -0.25) is 10.1 Å². The number of nitro benzene ring substituents is 1. The van der Waals surface area contributed by atoms with Crippen molar-refractivity contribution < 1.29 is 9.72 Å². The molecule has 1 aliphatic heterocycles. The lowest BCUT2D eigenvalue weighted by atomic mass is 10.1. The van der Waals surface area contributed by atoms with Gasteiger partial charge in [0.15, 0.2) is 0 Å². The van der Waals surface area contributed by atoms with Crippen LogP contribution in [0.15, 0.2) is 24.3 Å². The summed E-state index contributed by atoms with van der Waals surface area (Å²) in [5.74, 6) is 0. The number of non-ortho nitro benzene ring substituents is 1. The van der Waals surface area contributed by atoms with E-state index in [1.54, 1.807) is 17.0 Å². The minimum absolute atomic E-state index is 0.0629. The van der Waals surface area contributed by atoms with Gasteiger partial charge in [0.2, 0.25) is 0 Å². The molecule has 0 aromatic heterocycles. The average molecular weight is 264 g/mol. The number of primary amides is 1. The van der Waals surface area contributed by atoms with E-state index in [0.717, 1.165) is 18.5 Å². The van der Waals surface area contributed by atoms with Crippen LogP contribution in [0.5, 0.6) is 0 Å². The molecule has 1 aliphatic rings. The van der Waals surface area contributed by atoms with Gasteiger partial charge in [0.25, 0.3) is 5.69 Å². The van der Waals surface area contributed by atoms with Gasteiger partial charge in [-0.15, -0.1) is 0 Å². The molecule has 1 saturated heterocycles. The Morgan fingerprint density at radius 1 is 1.42 bits per heavy atom. The summed E-state index contributed by atoms with van der Waals surface area (Å²) >= 11 is 0. The number of amides is 2. The molecule has 3 N–H and O–H groups in total. The summed E-state index contributed by atoms with van der Waals surface area (Å²) in [7, 11) is 0. The summed E-state index contributed by atoms with van der Waals surface area (Å²) < 4.78 is 0. The van der Waals surface area contributed by atoms with E-state index in [4.69, 9.17) is 5.73 Å². The zero-order valence-electron chi connectivity index (χ0n) is 10.4. The van der Waals surface area contributed by atoms with Gasteiger partial charge in [-0.2, -0.15) is 0 Å². The molecule has 19 heavy (non-hydrogen) atoms. The minimum atomic E-state index is -0.431. The van der Waals surface area contributed by atoms with Crippen LogP contribution in [-0.4, -0.2) is 35.0 Å². The topological polar surface area (TPSA) is 102 Å². The van der Waals surface area contributed by atoms with E-state index in [9.17, 15) is 14.9 Å². The highest BCUT2D eigenvalue weighted by Crippen LogP contribution is 2.19. The Kier molecular flexibility index (Phi) is 3.84. The monoisotopic (exact) mass is 264 g/mol. The van der Waals surface area contributed by atoms with Crippen molar-refractivity contribution >= 4 is 17.4 Å². The SMILES string of the molecule is NC(=O)N1CCCC(Nc2ccc([N+](=O)[O-])cc2)C1. The van der Waals surface area contributed by atoms with E-state index in [1.165, 1.54) is 12.1 Å². The summed E-state index contributed by atoms with van der Waals surface area (Å²) in [4.78, 5) is 22.8. The van der Waals surface area contributed by atoms with Crippen molar-refractivity contribution in [2.75, 3.05) is 18.4 Å². The Hall–Kier alpha value is -2.31. The Bertz CT molecular complexity index is 474. The van der Waals surface area contributed by atoms with Crippen LogP contribution in [0.2, 0.25) is 0 Å². The van der Waals surface area contributed by atoms with Crippen LogP contribution in [0.1, 0.15) is 12.8 Å². The quantitative estimate of drug-likeness (QED) is 0.638. The normalized spacial score (nSPS) is 18.9. The maximum absolute atomic E-state index is 11.1. The van der Waals surface area contributed by atoms with E-state index in [0.29, 0.717) is 13.1 Å². The number of hydrogen-bond acceptors (Lipinski definition) is 4. The third-order valence-corrected chi connectivity index (χ3v) is 3.18. The lowest BCUT2D eigenvalue weighted by molar-refractivity contribution is -0.384. The standard InChI is InChI=1S/C12H16N4O3/c13-12(17)15-7-1-2-10(8-15)14-9-3-5-11(6-4-9)16(18)19/h3-6,10,14H,1-2,7-8H2,(H2,13,17). The second-order valence-electron chi connectivity index (χ2n) is 4.57. The number of carbonyl (C=O) groups excluding carboxylic acids is 1. The summed E-state index contributed by atoms with van der Waals surface area (Å²) in [6.07, 6.45) is 1.84. The minimum Gasteiger partial charge on any atom is -0.381 e. The van der Waals surface area contributed by atoms with Crippen LogP contribution in [0.4, 0.5) is 16.2 Å². The van der Waals surface area contributed by atoms with Crippen molar-refractivity contribution in [1.82, 2.24) is 4.90 Å². The molecule has 0 saturated carbocycles. The molecule has 102 valence electrons. The number of anilines is 1. The lowest BCUT2D eigenvalue weighted by Crippen LogP contribution is -2.47. The van der Waals surface area contributed by atoms with Crippen LogP contribution in [0, 0.1) is 10.1 Å². The van der Waals surface area contributed by atoms with Crippen LogP contribution >= 0.6 is 0 Å². The van der Waals surface area contributed by atoms with Crippen molar-refractivity contribution in [2.24, 2.45) is 5.73 Å². The van der Waals surface area contributed by atoms with Crippen molar-refractivity contribution in [1.29, 1.82) is 0 Å². The summed E-state index contributed by atoms with van der Waals surface area (Å²) in [6.45, 7) is 1.25. The molecule has 7 heteroatoms. The maximum Gasteiger partial charge on any atom is 0.314 e. The first-order chi connectivity index (χ1) is 9.06. The smallest absolute Gasteiger partial charge is 0.314 e. The Morgan fingerprint density at radius 3 is 2.68 bits per heavy atom. The number of carbonyl (C=O) groups is 1. The molecular formula is C12H16N4O3. The third kappa shape index (κ3) is 3.34. The molecule has 1 aromatic rings. The fourth-order valence-corrected chi connectivity index (χ4v) is 2.21. The average Bonchev–Trinajstić information content (AvgIpc) is 2.39. The van der Waals surface area contributed by atoms with Gasteiger partial charge in [0, 0.05) is 37.0 Å². The molecule has 1 atom stereocenters. The molecule has 0 radical (unpaired) electrons. The lowest BCUT2D eigenvalue weighted by Gasteiger charge is -2.32. The zero-order valence-corrected chi connectivity index (χ0v) is 10.4. The number of piperidine rings is 1. The highest BCUT2D eigenvalue weighted by atomic mass is 16.6. The fourth-order valence-electron chi connectivity index (χ4n) is 2.21. The van der Waals surface area contributed by atoms with Gasteiger partial charge < -0.3 is 16.0 Å². The molecule has 0 spiro atoms. The highest BCUT2D eigenvalue weighted by molar-refractivity contribution is 5.72. The fraction of sp³-hybridized carbons (Fsp3) is 0.417. The number of likely N-dealkylation sites (tertiary alicyclic amines) is 1. The predicted molar refractivity (Wildman–Crippen MR) is 70.9 cm³/mol. The number of nitrogens with zero attached hydrogens (tertiary/aromatic N) is 2. The maximum atomic E-state index is 11.1. The Morgan fingerprint density at radius 2 is 2.11 bits per heavy atom. The van der Waals surface area contributed by atoms with Gasteiger partial charge in [0.1, 0.15) is 0 Å². The highest BCUT2D eigenvalue weighted by Gasteiger charge is 2.21. The van der Waals surface area contributed by atoms with Crippen LogP contribution in [-0.2, 0) is 0 Å². The molecule has 1 unspecified atom stereocenters. The molecule has 0 aliphatic carbocycles. The van der Waals surface area contributed by atoms with Crippen LogP contribution in [0.25, 0.3) is 0 Å². The van der Waals surface area contributed by atoms with Crippen LogP contribution in [0.3, 0.4) is 0 Å². The Labute approximate surface area is 110 Å². The van der Waals surface area contributed by atoms with Gasteiger partial charge in [-0.05, 0) is 25.0 Å². The first-order valence-electron chi connectivity index (χ1n) is 6.11. The molecule has 1 heterocycles. The van der Waals surface area contributed by atoms with Gasteiger partial charge >= 0.3 is 6.03 Å². The van der Waals surface area contributed by atoms with E-state index in [-0.39, 0.29) is 11.7 Å². The molecule has 2 amide bonds. The molecule has 7 nitrogen and oxygen atoms in total. The first kappa shape index (κ1) is 13.1. The van der Waals surface area contributed by atoms with Crippen molar-refractivity contribution in [2.45, 2.75) is 18.9 Å². The number of hydrogen-bond donors (Lipinski definition) is 2. The van der Waals surface area contributed by atoms with E-state index < -0.39 is 11.0 Å². The summed E-state index contributed by atoms with van der Waals surface area (Å²) in [6, 6.07) is 5.97. The number of nitrogens with two attached hydrogens (primary N) is 1. The molecule has 0 bridgehead atoms. The van der Waals surface area contributed by atoms with E-state index in [1.807, 2.05) is 0 Å². The first-order valence-corrected chi connectivity index (χ1v) is 6.11. The van der Waals surface area contributed by atoms with Crippen molar-refractivity contribution in [3.05, 3.63) is 34.4 Å². The van der Waals surface area contributed by atoms with Gasteiger partial charge in [0.05, 0.1) is 4.92 Å². The van der Waals surface area contributed by atoms with Crippen LogP contribution < -0.4 is 11.1 Å². The third-order valence-electron chi connectivity index (χ3n) is 3.18. The molecule has 1 fully saturated rings. The van der Waals surface area contributed by atoms with E-state index in [2.05, 4.69) is 5.32 Å². The summed E-state index contributed by atoms with van der Waals surface area (Å²) in [5, 5.41) is 13.8. The Balaban J connectivity index is 1.96. The van der Waals surface area contributed by atoms with Crippen molar-refractivity contribution in [3.8, 4) is 0 Å². The van der Waals surface area contributed by atoms with E-state index >= 15 is 0 Å². The predicted octanol–water partition coefficient (Wildman–Crippen LogP) is 1.55. The van der Waals surface area contributed by atoms with Crippen molar-refractivity contribution in [3.63, 3.8) is 0 Å². The van der Waals surface area contributed by atoms with Gasteiger partial charge in [-0.1, -0.05) is 0 Å². The molecular weight excluding hydrogens is 248 g/mol. The molecule has 2 rings (SSSR count). The molecule has 1 aromatic carbocycles. The second kappa shape index (κ2) is 5.55. The largest absolute Gasteiger partial charge is 0.381 e. The number of urea groups is 1. The van der Waals surface area contributed by atoms with Gasteiger partial charge in [-0.25, -0.2) is 4.79 Å². The summed E-state index contributed by atoms with van der Waals surface area (Å²) in [5.41, 5.74) is 6.13. The number of rotatable bonds is 3. The second-order valence-corrected chi connectivity index (χ2v) is 4.57. The number of nitrogens with one attached hydrogen (secondary N) is 1.